The molecule has 4 aromatic rings. The molecule has 27 heavy (non-hydrogen) atoms. The molecule has 0 bridgehead atoms. The van der Waals surface area contributed by atoms with Crippen molar-refractivity contribution in [1.82, 2.24) is 19.9 Å². The highest BCUT2D eigenvalue weighted by Gasteiger charge is 2.19. The van der Waals surface area contributed by atoms with Crippen LogP contribution in [0.3, 0.4) is 0 Å². The molecule has 1 N–H and O–H groups in total. The fraction of sp³-hybridized carbons (Fsp3) is 0.182. The molecule has 0 aliphatic carbocycles. The Labute approximate surface area is 162 Å². The van der Waals surface area contributed by atoms with Crippen LogP contribution in [-0.2, 0) is 19.5 Å². The maximum Gasteiger partial charge on any atom is 0.159 e. The predicted molar refractivity (Wildman–Crippen MR) is 109 cm³/mol. The lowest BCUT2D eigenvalue weighted by atomic mass is 10.1. The van der Waals surface area contributed by atoms with Crippen molar-refractivity contribution in [3.05, 3.63) is 82.8 Å². The Morgan fingerprint density at radius 2 is 1.93 bits per heavy atom. The van der Waals surface area contributed by atoms with E-state index in [-0.39, 0.29) is 0 Å². The van der Waals surface area contributed by atoms with Gasteiger partial charge in [-0.05, 0) is 53.8 Å². The molecule has 1 aliphatic heterocycles. The number of halogens is 1. The number of nitrogens with one attached hydrogen (secondary N) is 1. The van der Waals surface area contributed by atoms with Crippen molar-refractivity contribution in [2.75, 3.05) is 6.54 Å². The van der Waals surface area contributed by atoms with Crippen LogP contribution in [0.15, 0.2) is 60.8 Å². The Kier molecular flexibility index (Phi) is 4.15. The van der Waals surface area contributed by atoms with E-state index in [2.05, 4.69) is 45.2 Å². The van der Waals surface area contributed by atoms with Gasteiger partial charge < -0.3 is 4.98 Å². The van der Waals surface area contributed by atoms with E-state index < -0.39 is 0 Å². The lowest BCUT2D eigenvalue weighted by Gasteiger charge is -2.27. The van der Waals surface area contributed by atoms with Crippen molar-refractivity contribution in [2.45, 2.75) is 19.5 Å². The first-order valence-electron chi connectivity index (χ1n) is 9.14. The number of nitrogens with zero attached hydrogens (tertiary/aromatic N) is 3. The lowest BCUT2D eigenvalue weighted by Crippen LogP contribution is -2.31. The van der Waals surface area contributed by atoms with E-state index in [1.165, 1.54) is 22.2 Å². The fourth-order valence-electron chi connectivity index (χ4n) is 3.69. The second-order valence-electron chi connectivity index (χ2n) is 7.01. The summed E-state index contributed by atoms with van der Waals surface area (Å²) in [7, 11) is 0. The molecule has 134 valence electrons. The summed E-state index contributed by atoms with van der Waals surface area (Å²) in [5, 5.41) is 1.98. The molecule has 0 spiro atoms. The highest BCUT2D eigenvalue weighted by molar-refractivity contribution is 6.30. The average Bonchev–Trinajstić information content (AvgIpc) is 3.10. The molecule has 2 aromatic heterocycles. The van der Waals surface area contributed by atoms with Crippen molar-refractivity contribution in [3.8, 4) is 11.4 Å². The van der Waals surface area contributed by atoms with E-state index in [9.17, 15) is 0 Å². The molecule has 0 unspecified atom stereocenters. The van der Waals surface area contributed by atoms with Gasteiger partial charge in [0.05, 0.1) is 5.69 Å². The summed E-state index contributed by atoms with van der Waals surface area (Å²) in [4.78, 5) is 15.4. The summed E-state index contributed by atoms with van der Waals surface area (Å²) >= 11 is 5.99. The Bertz CT molecular complexity index is 1070. The normalized spacial score (nSPS) is 14.4. The van der Waals surface area contributed by atoms with Crippen LogP contribution < -0.4 is 0 Å². The minimum atomic E-state index is 0.723. The van der Waals surface area contributed by atoms with Crippen molar-refractivity contribution in [2.24, 2.45) is 0 Å². The third-order valence-corrected chi connectivity index (χ3v) is 5.36. The monoisotopic (exact) mass is 374 g/mol. The summed E-state index contributed by atoms with van der Waals surface area (Å²) in [6, 6.07) is 18.3. The quantitative estimate of drug-likeness (QED) is 0.558. The van der Waals surface area contributed by atoms with E-state index >= 15 is 0 Å². The predicted octanol–water partition coefficient (Wildman–Crippen LogP) is 4.84. The number of para-hydroxylation sites is 1. The average molecular weight is 375 g/mol. The van der Waals surface area contributed by atoms with Gasteiger partial charge in [-0.15, -0.1) is 0 Å². The van der Waals surface area contributed by atoms with E-state index in [0.717, 1.165) is 48.2 Å². The van der Waals surface area contributed by atoms with E-state index in [1.807, 2.05) is 30.5 Å². The molecule has 0 radical (unpaired) electrons. The topological polar surface area (TPSA) is 44.8 Å². The summed E-state index contributed by atoms with van der Waals surface area (Å²) in [5.41, 5.74) is 5.80. The molecule has 4 nitrogen and oxygen atoms in total. The van der Waals surface area contributed by atoms with Crippen molar-refractivity contribution in [1.29, 1.82) is 0 Å². The van der Waals surface area contributed by atoms with Gasteiger partial charge in [-0.25, -0.2) is 9.97 Å². The third-order valence-electron chi connectivity index (χ3n) is 5.11. The molecule has 0 fully saturated rings. The van der Waals surface area contributed by atoms with Gasteiger partial charge >= 0.3 is 0 Å². The molecule has 0 saturated carbocycles. The zero-order valence-corrected chi connectivity index (χ0v) is 15.6. The zero-order valence-electron chi connectivity index (χ0n) is 14.8. The van der Waals surface area contributed by atoms with Crippen molar-refractivity contribution in [3.63, 3.8) is 0 Å². The van der Waals surface area contributed by atoms with Gasteiger partial charge in [-0.2, -0.15) is 0 Å². The molecular formula is C22H19ClN4. The number of hydrogen-bond donors (Lipinski definition) is 1. The summed E-state index contributed by atoms with van der Waals surface area (Å²) in [6.07, 6.45) is 2.96. The number of aromatic nitrogens is 3. The molecule has 3 heterocycles. The third kappa shape index (κ3) is 3.34. The van der Waals surface area contributed by atoms with Gasteiger partial charge in [-0.3, -0.25) is 4.90 Å². The first-order chi connectivity index (χ1) is 13.2. The van der Waals surface area contributed by atoms with Gasteiger partial charge in [0, 0.05) is 47.6 Å². The maximum atomic E-state index is 5.99. The van der Waals surface area contributed by atoms with E-state index in [0.29, 0.717) is 0 Å². The Morgan fingerprint density at radius 3 is 2.78 bits per heavy atom. The van der Waals surface area contributed by atoms with E-state index in [4.69, 9.17) is 16.6 Å². The second kappa shape index (κ2) is 6.80. The fourth-order valence-corrected chi connectivity index (χ4v) is 3.82. The van der Waals surface area contributed by atoms with Crippen LogP contribution in [0.25, 0.3) is 22.3 Å². The van der Waals surface area contributed by atoms with Crippen LogP contribution in [0.2, 0.25) is 5.02 Å². The van der Waals surface area contributed by atoms with Crippen LogP contribution in [0.1, 0.15) is 17.0 Å². The van der Waals surface area contributed by atoms with Gasteiger partial charge in [0.25, 0.3) is 0 Å². The number of hydrogen-bond acceptors (Lipinski definition) is 3. The smallest absolute Gasteiger partial charge is 0.159 e. The molecule has 1 aliphatic rings. The summed E-state index contributed by atoms with van der Waals surface area (Å²) in [6.45, 7) is 2.76. The minimum absolute atomic E-state index is 0.723. The molecular weight excluding hydrogens is 356 g/mol. The molecule has 0 saturated heterocycles. The summed E-state index contributed by atoms with van der Waals surface area (Å²) in [5.74, 6) is 0.762. The lowest BCUT2D eigenvalue weighted by molar-refractivity contribution is 0.239. The van der Waals surface area contributed by atoms with E-state index in [1.54, 1.807) is 0 Å². The van der Waals surface area contributed by atoms with Crippen LogP contribution in [0, 0.1) is 0 Å². The highest BCUT2D eigenvalue weighted by Crippen LogP contribution is 2.24. The van der Waals surface area contributed by atoms with Gasteiger partial charge in [-0.1, -0.05) is 29.8 Å². The van der Waals surface area contributed by atoms with Crippen molar-refractivity contribution >= 4 is 22.5 Å². The number of benzene rings is 2. The zero-order chi connectivity index (χ0) is 18.2. The Hall–Kier alpha value is -2.69. The van der Waals surface area contributed by atoms with Crippen molar-refractivity contribution < 1.29 is 0 Å². The Balaban J connectivity index is 1.38. The van der Waals surface area contributed by atoms with Crippen LogP contribution >= 0.6 is 11.6 Å². The van der Waals surface area contributed by atoms with Crippen LogP contribution in [0.4, 0.5) is 0 Å². The SMILES string of the molecule is Clc1ccc(-c2ncc3c(n2)CN(Cc2cc4ccccc4[nH]2)CC3)cc1. The molecule has 5 rings (SSSR count). The van der Waals surface area contributed by atoms with Gasteiger partial charge in [0.2, 0.25) is 0 Å². The highest BCUT2D eigenvalue weighted by atomic mass is 35.5. The van der Waals surface area contributed by atoms with Crippen LogP contribution in [0.5, 0.6) is 0 Å². The first kappa shape index (κ1) is 16.5. The number of H-pyrrole nitrogens is 1. The number of rotatable bonds is 3. The number of aromatic amines is 1. The summed E-state index contributed by atoms with van der Waals surface area (Å²) < 4.78 is 0. The molecule has 0 atom stereocenters. The molecule has 0 amide bonds. The van der Waals surface area contributed by atoms with Crippen LogP contribution in [-0.4, -0.2) is 26.4 Å². The standard InChI is InChI=1S/C22H19ClN4/c23-18-7-5-15(6-8-18)22-24-12-17-9-10-27(14-21(17)26-22)13-19-11-16-3-1-2-4-20(16)25-19/h1-8,11-12,25H,9-10,13-14H2. The van der Waals surface area contributed by atoms with Gasteiger partial charge in [0.1, 0.15) is 0 Å². The number of fused-ring (bicyclic) bond motifs is 2. The molecule has 2 aromatic carbocycles. The van der Waals surface area contributed by atoms with Gasteiger partial charge in [0.15, 0.2) is 5.82 Å². The largest absolute Gasteiger partial charge is 0.357 e. The Morgan fingerprint density at radius 1 is 1.07 bits per heavy atom. The maximum absolute atomic E-state index is 5.99. The minimum Gasteiger partial charge on any atom is -0.357 e. The second-order valence-corrected chi connectivity index (χ2v) is 7.45. The first-order valence-corrected chi connectivity index (χ1v) is 9.52. The molecule has 5 heteroatoms.